The molecule has 0 amide bonds. The minimum atomic E-state index is 0.125. The summed E-state index contributed by atoms with van der Waals surface area (Å²) in [6, 6.07) is 13.2. The summed E-state index contributed by atoms with van der Waals surface area (Å²) in [6.07, 6.45) is 0.125. The molecule has 0 aliphatic carbocycles. The standard InChI is InChI=1S/C14H15ClN2O/c1-10(2)18-12-7-4-3-6-11(12)16-14-9-5-8-13(15)17-14/h3-10H,1-2H3,(H,16,17). The zero-order valence-electron chi connectivity index (χ0n) is 10.4. The van der Waals surface area contributed by atoms with Gasteiger partial charge in [0, 0.05) is 0 Å². The van der Waals surface area contributed by atoms with Gasteiger partial charge in [0.1, 0.15) is 16.7 Å². The van der Waals surface area contributed by atoms with E-state index in [-0.39, 0.29) is 6.10 Å². The van der Waals surface area contributed by atoms with E-state index in [4.69, 9.17) is 16.3 Å². The molecule has 2 aromatic rings. The van der Waals surface area contributed by atoms with Gasteiger partial charge in [-0.25, -0.2) is 4.98 Å². The van der Waals surface area contributed by atoms with Gasteiger partial charge in [-0.05, 0) is 38.1 Å². The van der Waals surface area contributed by atoms with Crippen LogP contribution in [0, 0.1) is 0 Å². The molecule has 0 saturated heterocycles. The fraction of sp³-hybridized carbons (Fsp3) is 0.214. The highest BCUT2D eigenvalue weighted by Gasteiger charge is 2.05. The Morgan fingerprint density at radius 1 is 1.11 bits per heavy atom. The molecule has 18 heavy (non-hydrogen) atoms. The molecule has 3 nitrogen and oxygen atoms in total. The summed E-state index contributed by atoms with van der Waals surface area (Å²) in [5, 5.41) is 3.66. The minimum absolute atomic E-state index is 0.125. The smallest absolute Gasteiger partial charge is 0.143 e. The summed E-state index contributed by atoms with van der Waals surface area (Å²) in [5.74, 6) is 1.50. The molecule has 94 valence electrons. The second kappa shape index (κ2) is 5.74. The topological polar surface area (TPSA) is 34.1 Å². The molecule has 1 aromatic carbocycles. The predicted molar refractivity (Wildman–Crippen MR) is 74.7 cm³/mol. The predicted octanol–water partition coefficient (Wildman–Crippen LogP) is 4.27. The van der Waals surface area contributed by atoms with Gasteiger partial charge in [-0.3, -0.25) is 0 Å². The van der Waals surface area contributed by atoms with Crippen LogP contribution < -0.4 is 10.1 Å². The van der Waals surface area contributed by atoms with E-state index in [1.807, 2.05) is 50.2 Å². The van der Waals surface area contributed by atoms with Crippen molar-refractivity contribution in [2.45, 2.75) is 20.0 Å². The van der Waals surface area contributed by atoms with Crippen molar-refractivity contribution >= 4 is 23.1 Å². The molecule has 0 bridgehead atoms. The number of nitrogens with zero attached hydrogens (tertiary/aromatic N) is 1. The third-order valence-corrected chi connectivity index (χ3v) is 2.44. The number of ether oxygens (including phenoxy) is 1. The monoisotopic (exact) mass is 262 g/mol. The van der Waals surface area contributed by atoms with E-state index in [2.05, 4.69) is 10.3 Å². The molecule has 1 N–H and O–H groups in total. The Balaban J connectivity index is 2.23. The largest absolute Gasteiger partial charge is 0.489 e. The first-order valence-electron chi connectivity index (χ1n) is 5.80. The van der Waals surface area contributed by atoms with Gasteiger partial charge in [0.05, 0.1) is 11.8 Å². The molecule has 0 spiro atoms. The van der Waals surface area contributed by atoms with Crippen LogP contribution in [0.1, 0.15) is 13.8 Å². The number of halogens is 1. The van der Waals surface area contributed by atoms with Crippen LogP contribution in [0.2, 0.25) is 5.15 Å². The van der Waals surface area contributed by atoms with Gasteiger partial charge >= 0.3 is 0 Å². The van der Waals surface area contributed by atoms with Crippen molar-refractivity contribution in [3.8, 4) is 5.75 Å². The minimum Gasteiger partial charge on any atom is -0.489 e. The van der Waals surface area contributed by atoms with Gasteiger partial charge in [0.15, 0.2) is 0 Å². The second-order valence-electron chi connectivity index (χ2n) is 4.13. The van der Waals surface area contributed by atoms with E-state index in [0.717, 1.165) is 11.4 Å². The fourth-order valence-corrected chi connectivity index (χ4v) is 1.71. The zero-order valence-corrected chi connectivity index (χ0v) is 11.1. The number of benzene rings is 1. The van der Waals surface area contributed by atoms with Crippen molar-refractivity contribution in [2.75, 3.05) is 5.32 Å². The molecule has 0 atom stereocenters. The van der Waals surface area contributed by atoms with Crippen LogP contribution in [-0.2, 0) is 0 Å². The van der Waals surface area contributed by atoms with Crippen LogP contribution in [0.5, 0.6) is 5.75 Å². The molecule has 4 heteroatoms. The van der Waals surface area contributed by atoms with Crippen LogP contribution in [-0.4, -0.2) is 11.1 Å². The Labute approximate surface area is 112 Å². The van der Waals surface area contributed by atoms with Crippen LogP contribution in [0.3, 0.4) is 0 Å². The first-order valence-corrected chi connectivity index (χ1v) is 6.18. The molecule has 0 aliphatic heterocycles. The summed E-state index contributed by atoms with van der Waals surface area (Å²) in [5.41, 5.74) is 0.876. The lowest BCUT2D eigenvalue weighted by Gasteiger charge is -2.15. The molecule has 0 unspecified atom stereocenters. The zero-order chi connectivity index (χ0) is 13.0. The number of rotatable bonds is 4. The maximum absolute atomic E-state index is 5.85. The Morgan fingerprint density at radius 3 is 2.61 bits per heavy atom. The Hall–Kier alpha value is -1.74. The molecular formula is C14H15ClN2O. The summed E-state index contributed by atoms with van der Waals surface area (Å²) < 4.78 is 5.72. The Morgan fingerprint density at radius 2 is 1.89 bits per heavy atom. The highest BCUT2D eigenvalue weighted by molar-refractivity contribution is 6.29. The SMILES string of the molecule is CC(C)Oc1ccccc1Nc1cccc(Cl)n1. The fourth-order valence-electron chi connectivity index (χ4n) is 1.54. The molecular weight excluding hydrogens is 248 g/mol. The second-order valence-corrected chi connectivity index (χ2v) is 4.52. The molecule has 0 radical (unpaired) electrons. The highest BCUT2D eigenvalue weighted by atomic mass is 35.5. The highest BCUT2D eigenvalue weighted by Crippen LogP contribution is 2.27. The summed E-state index contributed by atoms with van der Waals surface area (Å²) in [7, 11) is 0. The average Bonchev–Trinajstić information content (AvgIpc) is 2.31. The number of nitrogens with one attached hydrogen (secondary N) is 1. The Kier molecular flexibility index (Phi) is 4.05. The molecule has 1 aromatic heterocycles. The quantitative estimate of drug-likeness (QED) is 0.836. The van der Waals surface area contributed by atoms with Crippen molar-refractivity contribution < 1.29 is 4.74 Å². The van der Waals surface area contributed by atoms with E-state index in [1.54, 1.807) is 6.07 Å². The number of hydrogen-bond donors (Lipinski definition) is 1. The summed E-state index contributed by atoms with van der Waals surface area (Å²) in [6.45, 7) is 3.99. The van der Waals surface area contributed by atoms with Crippen molar-refractivity contribution in [2.24, 2.45) is 0 Å². The van der Waals surface area contributed by atoms with E-state index >= 15 is 0 Å². The number of pyridine rings is 1. The third kappa shape index (κ3) is 3.37. The van der Waals surface area contributed by atoms with Crippen LogP contribution in [0.15, 0.2) is 42.5 Å². The number of anilines is 2. The molecule has 0 aliphatic rings. The van der Waals surface area contributed by atoms with E-state index in [1.165, 1.54) is 0 Å². The average molecular weight is 263 g/mol. The van der Waals surface area contributed by atoms with Crippen molar-refractivity contribution in [3.05, 3.63) is 47.6 Å². The first-order chi connectivity index (χ1) is 8.65. The van der Waals surface area contributed by atoms with Crippen LogP contribution in [0.4, 0.5) is 11.5 Å². The van der Waals surface area contributed by atoms with Gasteiger partial charge in [0.2, 0.25) is 0 Å². The molecule has 0 saturated carbocycles. The lowest BCUT2D eigenvalue weighted by molar-refractivity contribution is 0.244. The van der Waals surface area contributed by atoms with Crippen LogP contribution >= 0.6 is 11.6 Å². The summed E-state index contributed by atoms with van der Waals surface area (Å²) >= 11 is 5.85. The van der Waals surface area contributed by atoms with Crippen LogP contribution in [0.25, 0.3) is 0 Å². The lowest BCUT2D eigenvalue weighted by Crippen LogP contribution is -2.07. The maximum atomic E-state index is 5.85. The van der Waals surface area contributed by atoms with Crippen molar-refractivity contribution in [1.29, 1.82) is 0 Å². The molecule has 0 fully saturated rings. The van der Waals surface area contributed by atoms with E-state index in [9.17, 15) is 0 Å². The lowest BCUT2D eigenvalue weighted by atomic mass is 10.3. The van der Waals surface area contributed by atoms with Gasteiger partial charge in [-0.2, -0.15) is 0 Å². The van der Waals surface area contributed by atoms with Gasteiger partial charge < -0.3 is 10.1 Å². The van der Waals surface area contributed by atoms with Gasteiger partial charge in [0.25, 0.3) is 0 Å². The normalized spacial score (nSPS) is 10.4. The number of aromatic nitrogens is 1. The van der Waals surface area contributed by atoms with E-state index < -0.39 is 0 Å². The molecule has 1 heterocycles. The maximum Gasteiger partial charge on any atom is 0.143 e. The number of hydrogen-bond acceptors (Lipinski definition) is 3. The van der Waals surface area contributed by atoms with Crippen molar-refractivity contribution in [3.63, 3.8) is 0 Å². The van der Waals surface area contributed by atoms with Gasteiger partial charge in [-0.1, -0.05) is 29.8 Å². The van der Waals surface area contributed by atoms with E-state index in [0.29, 0.717) is 11.0 Å². The van der Waals surface area contributed by atoms with Gasteiger partial charge in [-0.15, -0.1) is 0 Å². The third-order valence-electron chi connectivity index (χ3n) is 2.23. The van der Waals surface area contributed by atoms with Crippen molar-refractivity contribution in [1.82, 2.24) is 4.98 Å². The number of para-hydroxylation sites is 2. The first kappa shape index (κ1) is 12.7. The molecule has 2 rings (SSSR count). The Bertz CT molecular complexity index is 529. The summed E-state index contributed by atoms with van der Waals surface area (Å²) in [4.78, 5) is 4.19.